The fourth-order valence-electron chi connectivity index (χ4n) is 5.10. The highest BCUT2D eigenvalue weighted by Crippen LogP contribution is 2.41. The van der Waals surface area contributed by atoms with Crippen LogP contribution < -0.4 is 5.32 Å². The number of hydrogen-bond donors (Lipinski definition) is 2. The van der Waals surface area contributed by atoms with Crippen LogP contribution in [0.3, 0.4) is 0 Å². The van der Waals surface area contributed by atoms with Gasteiger partial charge in [0.15, 0.2) is 0 Å². The minimum atomic E-state index is -0.942. The van der Waals surface area contributed by atoms with Crippen molar-refractivity contribution < 1.29 is 24.2 Å². The number of fused-ring (bicyclic) bond motifs is 1. The first-order valence-electron chi connectivity index (χ1n) is 12.3. The van der Waals surface area contributed by atoms with Crippen molar-refractivity contribution in [1.82, 2.24) is 10.2 Å². The van der Waals surface area contributed by atoms with Crippen LogP contribution in [0.25, 0.3) is 0 Å². The van der Waals surface area contributed by atoms with Crippen LogP contribution in [0.15, 0.2) is 23.8 Å². The average Bonchev–Trinajstić information content (AvgIpc) is 3.39. The number of carbonyl (C=O) groups excluding carboxylic acids is 2. The number of allylic oxidation sites excluding steroid dienone is 4. The van der Waals surface area contributed by atoms with Crippen LogP contribution in [-0.4, -0.2) is 58.6 Å². The number of aliphatic carboxylic acids is 1. The minimum Gasteiger partial charge on any atom is -0.480 e. The molecule has 0 bridgehead atoms. The van der Waals surface area contributed by atoms with Crippen molar-refractivity contribution in [2.24, 2.45) is 5.92 Å². The van der Waals surface area contributed by atoms with Gasteiger partial charge >= 0.3 is 11.9 Å². The zero-order valence-electron chi connectivity index (χ0n) is 20.0. The molecule has 1 saturated carbocycles. The van der Waals surface area contributed by atoms with Gasteiger partial charge in [0, 0.05) is 6.04 Å². The molecule has 32 heavy (non-hydrogen) atoms. The first kappa shape index (κ1) is 26.1. The number of carboxylic acids is 1. The number of amides is 1. The van der Waals surface area contributed by atoms with Gasteiger partial charge in [0.2, 0.25) is 5.91 Å². The van der Waals surface area contributed by atoms with E-state index in [4.69, 9.17) is 4.74 Å². The van der Waals surface area contributed by atoms with Gasteiger partial charge < -0.3 is 14.7 Å². The lowest BCUT2D eigenvalue weighted by atomic mass is 9.99. The molecular weight excluding hydrogens is 408 g/mol. The second kappa shape index (κ2) is 12.8. The number of likely N-dealkylation sites (tertiary alicyclic amines) is 1. The summed E-state index contributed by atoms with van der Waals surface area (Å²) < 4.78 is 5.22. The topological polar surface area (TPSA) is 95.9 Å². The van der Waals surface area contributed by atoms with Crippen molar-refractivity contribution in [2.45, 2.75) is 103 Å². The van der Waals surface area contributed by atoms with E-state index in [1.807, 2.05) is 13.8 Å². The van der Waals surface area contributed by atoms with E-state index in [0.717, 1.165) is 38.5 Å². The van der Waals surface area contributed by atoms with Crippen molar-refractivity contribution in [3.63, 3.8) is 0 Å². The van der Waals surface area contributed by atoms with Crippen molar-refractivity contribution in [3.8, 4) is 0 Å². The lowest BCUT2D eigenvalue weighted by Gasteiger charge is -2.32. The fourth-order valence-corrected chi connectivity index (χ4v) is 5.10. The van der Waals surface area contributed by atoms with Crippen LogP contribution in [0.2, 0.25) is 0 Å². The summed E-state index contributed by atoms with van der Waals surface area (Å²) >= 11 is 0. The number of carboxylic acid groups (broad SMARTS) is 1. The van der Waals surface area contributed by atoms with Gasteiger partial charge in [-0.3, -0.25) is 14.9 Å². The molecule has 3 unspecified atom stereocenters. The quantitative estimate of drug-likeness (QED) is 0.521. The van der Waals surface area contributed by atoms with Crippen molar-refractivity contribution >= 4 is 17.8 Å². The Kier molecular flexibility index (Phi) is 10.4. The monoisotopic (exact) mass is 448 g/mol. The van der Waals surface area contributed by atoms with Gasteiger partial charge in [-0.1, -0.05) is 44.1 Å². The maximum absolute atomic E-state index is 13.3. The molecule has 180 valence electrons. The van der Waals surface area contributed by atoms with E-state index in [1.165, 1.54) is 5.57 Å². The van der Waals surface area contributed by atoms with E-state index in [0.29, 0.717) is 12.8 Å². The lowest BCUT2D eigenvalue weighted by Crippen LogP contribution is -2.55. The maximum atomic E-state index is 13.3. The molecule has 0 aromatic rings. The van der Waals surface area contributed by atoms with E-state index in [1.54, 1.807) is 18.7 Å². The molecule has 5 atom stereocenters. The summed E-state index contributed by atoms with van der Waals surface area (Å²) in [5, 5.41) is 12.8. The molecule has 1 heterocycles. The molecule has 7 heteroatoms. The molecule has 2 aliphatic carbocycles. The average molecular weight is 449 g/mol. The Labute approximate surface area is 192 Å². The first-order valence-corrected chi connectivity index (χ1v) is 12.3. The molecule has 0 spiro atoms. The molecule has 0 aromatic heterocycles. The highest BCUT2D eigenvalue weighted by Gasteiger charge is 2.49. The molecule has 2 fully saturated rings. The number of carbonyl (C=O) groups is 3. The Morgan fingerprint density at radius 2 is 2.00 bits per heavy atom. The van der Waals surface area contributed by atoms with Crippen molar-refractivity contribution in [1.29, 1.82) is 0 Å². The molecule has 1 amide bonds. The van der Waals surface area contributed by atoms with Gasteiger partial charge in [-0.15, -0.1) is 0 Å². The molecule has 7 nitrogen and oxygen atoms in total. The van der Waals surface area contributed by atoms with E-state index in [9.17, 15) is 19.5 Å². The smallest absolute Gasteiger partial charge is 0.326 e. The van der Waals surface area contributed by atoms with Gasteiger partial charge in [0.25, 0.3) is 0 Å². The minimum absolute atomic E-state index is 0.00132. The highest BCUT2D eigenvalue weighted by atomic mass is 16.5. The summed E-state index contributed by atoms with van der Waals surface area (Å²) in [7, 11) is 0. The fraction of sp³-hybridized carbons (Fsp3) is 0.720. The van der Waals surface area contributed by atoms with Gasteiger partial charge in [-0.25, -0.2) is 4.79 Å². The molecule has 1 aliphatic heterocycles. The predicted octanol–water partition coefficient (Wildman–Crippen LogP) is 3.83. The zero-order chi connectivity index (χ0) is 23.7. The first-order chi connectivity index (χ1) is 15.4. The van der Waals surface area contributed by atoms with Crippen molar-refractivity contribution in [3.05, 3.63) is 23.8 Å². The maximum Gasteiger partial charge on any atom is 0.326 e. The Morgan fingerprint density at radius 1 is 1.25 bits per heavy atom. The number of rotatable bonds is 9. The van der Waals surface area contributed by atoms with Crippen LogP contribution in [0, 0.1) is 5.92 Å². The van der Waals surface area contributed by atoms with Gasteiger partial charge in [0.1, 0.15) is 12.1 Å². The SMILES string of the molecule is CC.CCOC(=O)C(CCC1=CCCC=C1)NC(C)C(=O)N1C(C(=O)O)C[C@@H]2CCC[C@@H]21. The molecule has 0 radical (unpaired) electrons. The molecule has 0 aromatic carbocycles. The summed E-state index contributed by atoms with van der Waals surface area (Å²) in [4.78, 5) is 39.1. The Morgan fingerprint density at radius 3 is 2.62 bits per heavy atom. The van der Waals surface area contributed by atoms with Crippen LogP contribution in [0.5, 0.6) is 0 Å². The molecular formula is C25H40N2O5. The molecule has 3 aliphatic rings. The van der Waals surface area contributed by atoms with Gasteiger partial charge in [0.05, 0.1) is 12.6 Å². The summed E-state index contributed by atoms with van der Waals surface area (Å²) in [5.74, 6) is -1.27. The Balaban J connectivity index is 0.00000176. The molecule has 3 rings (SSSR count). The van der Waals surface area contributed by atoms with E-state index >= 15 is 0 Å². The summed E-state index contributed by atoms with van der Waals surface area (Å²) in [6.07, 6.45) is 13.1. The van der Waals surface area contributed by atoms with Crippen LogP contribution >= 0.6 is 0 Å². The van der Waals surface area contributed by atoms with Crippen LogP contribution in [-0.2, 0) is 19.1 Å². The number of ether oxygens (including phenoxy) is 1. The van der Waals surface area contributed by atoms with E-state index in [-0.39, 0.29) is 30.4 Å². The van der Waals surface area contributed by atoms with Crippen LogP contribution in [0.1, 0.15) is 79.1 Å². The largest absolute Gasteiger partial charge is 0.480 e. The van der Waals surface area contributed by atoms with E-state index < -0.39 is 24.1 Å². The summed E-state index contributed by atoms with van der Waals surface area (Å²) in [5.41, 5.74) is 1.19. The third-order valence-electron chi connectivity index (χ3n) is 6.56. The highest BCUT2D eigenvalue weighted by molar-refractivity contribution is 5.88. The number of esters is 1. The normalized spacial score (nSPS) is 25.8. The second-order valence-electron chi connectivity index (χ2n) is 8.58. The number of nitrogens with zero attached hydrogens (tertiary/aromatic N) is 1. The summed E-state index contributed by atoms with van der Waals surface area (Å²) in [6, 6.07) is -2.03. The molecule has 2 N–H and O–H groups in total. The summed E-state index contributed by atoms with van der Waals surface area (Å²) in [6.45, 7) is 7.76. The van der Waals surface area contributed by atoms with Gasteiger partial charge in [-0.05, 0) is 64.7 Å². The van der Waals surface area contributed by atoms with Crippen molar-refractivity contribution in [2.75, 3.05) is 6.61 Å². The third kappa shape index (κ3) is 6.44. The molecule has 1 saturated heterocycles. The zero-order valence-corrected chi connectivity index (χ0v) is 20.0. The van der Waals surface area contributed by atoms with E-state index in [2.05, 4.69) is 23.5 Å². The van der Waals surface area contributed by atoms with Crippen LogP contribution in [0.4, 0.5) is 0 Å². The third-order valence-corrected chi connectivity index (χ3v) is 6.56. The second-order valence-corrected chi connectivity index (χ2v) is 8.58. The Bertz CT molecular complexity index is 717. The predicted molar refractivity (Wildman–Crippen MR) is 124 cm³/mol. The number of hydrogen-bond acceptors (Lipinski definition) is 5. The van der Waals surface area contributed by atoms with Gasteiger partial charge in [-0.2, -0.15) is 0 Å². The lowest BCUT2D eigenvalue weighted by molar-refractivity contribution is -0.151. The number of nitrogens with one attached hydrogen (secondary N) is 1. The Hall–Kier alpha value is -2.15. The standard InChI is InChI=1S/C23H34N2O5.C2H6/c1-3-30-23(29)18(13-12-16-8-5-4-6-9-16)24-15(2)21(26)25-19-11-7-10-17(19)14-20(25)22(27)28;1-2/h5,8-9,15,17-20,24H,3-4,6-7,10-14H2,1-2H3,(H,27,28);1-2H3/t15?,17-,18?,19-,20?;/m0./s1.